The maximum Gasteiger partial charge on any atom is 0.423 e. The highest BCUT2D eigenvalue weighted by Gasteiger charge is 2.77. The zero-order chi connectivity index (χ0) is 35.4. The summed E-state index contributed by atoms with van der Waals surface area (Å²) < 4.78 is 88.6. The number of phenols is 1. The normalized spacial score (nSPS) is 29.4. The molecule has 0 bridgehead atoms. The van der Waals surface area contributed by atoms with Crippen molar-refractivity contribution in [3.05, 3.63) is 58.4 Å². The van der Waals surface area contributed by atoms with Crippen LogP contribution in [-0.2, 0) is 23.9 Å². The standard InChI is InChI=1S/C30H21Cl2F5N2O9/c1-46-13-6-9(40)7-14(47-2)16(13)17-10-4-5-11-15(25(42)39(24(11)41)28(45)48-3)12(10)8-29(31)26(43)38(27(44)30(17,29)32)23-21(36)19(34)18(33)20(35)22(23)37/h4,6-7,11-12,15,17,40H,5,8H2,1-3H3. The average Bonchev–Trinajstić information content (AvgIpc) is 3.40. The fourth-order valence-electron chi connectivity index (χ4n) is 7.36. The third-order valence-electron chi connectivity index (χ3n) is 9.40. The first-order valence-electron chi connectivity index (χ1n) is 13.9. The van der Waals surface area contributed by atoms with Crippen LogP contribution >= 0.6 is 23.2 Å². The van der Waals surface area contributed by atoms with Gasteiger partial charge < -0.3 is 19.3 Å². The van der Waals surface area contributed by atoms with Gasteiger partial charge >= 0.3 is 6.09 Å². The van der Waals surface area contributed by atoms with Crippen LogP contribution in [0.1, 0.15) is 24.3 Å². The number of anilines is 1. The lowest BCUT2D eigenvalue weighted by atomic mass is 9.56. The van der Waals surface area contributed by atoms with Crippen LogP contribution in [0.2, 0.25) is 0 Å². The Balaban J connectivity index is 1.66. The summed E-state index contributed by atoms with van der Waals surface area (Å²) in [6.45, 7) is 0. The third kappa shape index (κ3) is 4.01. The van der Waals surface area contributed by atoms with Gasteiger partial charge in [0.2, 0.25) is 17.6 Å². The minimum absolute atomic E-state index is 0.0677. The number of fused-ring (bicyclic) bond motifs is 4. The molecular formula is C30H21Cl2F5N2O9. The Kier molecular flexibility index (Phi) is 7.70. The van der Waals surface area contributed by atoms with Gasteiger partial charge in [0.25, 0.3) is 11.8 Å². The van der Waals surface area contributed by atoms with E-state index in [1.165, 1.54) is 6.08 Å². The Morgan fingerprint density at radius 1 is 0.854 bits per heavy atom. The molecule has 48 heavy (non-hydrogen) atoms. The molecule has 254 valence electrons. The molecule has 3 fully saturated rings. The smallest absolute Gasteiger partial charge is 0.423 e. The van der Waals surface area contributed by atoms with E-state index in [1.54, 1.807) is 0 Å². The summed E-state index contributed by atoms with van der Waals surface area (Å²) in [5.74, 6) is -24.5. The highest BCUT2D eigenvalue weighted by molar-refractivity contribution is 6.58. The Morgan fingerprint density at radius 3 is 1.92 bits per heavy atom. The molecule has 2 heterocycles. The van der Waals surface area contributed by atoms with E-state index in [9.17, 15) is 42.3 Å². The fourth-order valence-corrected chi connectivity index (χ4v) is 8.28. The van der Waals surface area contributed by atoms with E-state index in [2.05, 4.69) is 4.74 Å². The van der Waals surface area contributed by atoms with Gasteiger partial charge in [0, 0.05) is 23.6 Å². The maximum atomic E-state index is 15.2. The first kappa shape index (κ1) is 33.5. The average molecular weight is 719 g/mol. The van der Waals surface area contributed by atoms with Gasteiger partial charge in [-0.25, -0.2) is 31.6 Å². The van der Waals surface area contributed by atoms with E-state index in [0.29, 0.717) is 0 Å². The van der Waals surface area contributed by atoms with Crippen LogP contribution in [0.25, 0.3) is 0 Å². The monoisotopic (exact) mass is 718 g/mol. The highest BCUT2D eigenvalue weighted by Crippen LogP contribution is 2.67. The molecule has 6 atom stereocenters. The van der Waals surface area contributed by atoms with Gasteiger partial charge in [0.15, 0.2) is 33.0 Å². The molecule has 2 aromatic carbocycles. The van der Waals surface area contributed by atoms with Gasteiger partial charge in [-0.3, -0.25) is 19.2 Å². The van der Waals surface area contributed by atoms with Crippen molar-refractivity contribution in [2.45, 2.75) is 28.5 Å². The topological polar surface area (TPSA) is 140 Å². The molecule has 4 aliphatic rings. The van der Waals surface area contributed by atoms with E-state index >= 15 is 8.78 Å². The molecule has 0 spiro atoms. The SMILES string of the molecule is COC(=O)N1C(=O)C2CC=C3C(CC4(Cl)C(=O)N(c5c(F)c(F)c(F)c(F)c5F)C(=O)C4(Cl)C3c3c(OC)cc(O)cc3OC)C2C1=O. The minimum Gasteiger partial charge on any atom is -0.508 e. The van der Waals surface area contributed by atoms with Crippen LogP contribution in [-0.4, -0.2) is 70.8 Å². The fraction of sp³-hybridized carbons (Fsp3) is 0.367. The molecule has 1 saturated carbocycles. The predicted octanol–water partition coefficient (Wildman–Crippen LogP) is 4.43. The van der Waals surface area contributed by atoms with Crippen LogP contribution in [0.15, 0.2) is 23.8 Å². The lowest BCUT2D eigenvalue weighted by Crippen LogP contribution is -2.60. The molecule has 0 radical (unpaired) electrons. The summed E-state index contributed by atoms with van der Waals surface area (Å²) in [7, 11) is 3.23. The van der Waals surface area contributed by atoms with Crippen molar-refractivity contribution in [1.29, 1.82) is 0 Å². The summed E-state index contributed by atoms with van der Waals surface area (Å²) in [5, 5.41) is 10.3. The van der Waals surface area contributed by atoms with E-state index in [0.717, 1.165) is 33.5 Å². The second-order valence-corrected chi connectivity index (χ2v) is 12.7. The van der Waals surface area contributed by atoms with Gasteiger partial charge in [0.1, 0.15) is 22.9 Å². The molecule has 0 aromatic heterocycles. The zero-order valence-electron chi connectivity index (χ0n) is 24.7. The zero-order valence-corrected chi connectivity index (χ0v) is 26.2. The number of carbonyl (C=O) groups is 5. The quantitative estimate of drug-likeness (QED) is 0.121. The van der Waals surface area contributed by atoms with E-state index in [4.69, 9.17) is 32.7 Å². The second kappa shape index (κ2) is 11.1. The molecule has 6 rings (SSSR count). The van der Waals surface area contributed by atoms with Gasteiger partial charge in [-0.05, 0) is 18.8 Å². The summed E-state index contributed by atoms with van der Waals surface area (Å²) in [4.78, 5) is 62.2. The number of methoxy groups -OCH3 is 3. The van der Waals surface area contributed by atoms with Gasteiger partial charge in [-0.2, -0.15) is 4.90 Å². The molecule has 2 saturated heterocycles. The molecule has 6 unspecified atom stereocenters. The molecule has 18 heteroatoms. The number of ether oxygens (including phenoxy) is 3. The molecule has 2 aromatic rings. The number of aromatic hydroxyl groups is 1. The number of phenolic OH excluding ortho intramolecular Hbond substituents is 1. The number of rotatable bonds is 4. The van der Waals surface area contributed by atoms with E-state index in [1.807, 2.05) is 0 Å². The predicted molar refractivity (Wildman–Crippen MR) is 152 cm³/mol. The number of benzene rings is 2. The van der Waals surface area contributed by atoms with Crippen LogP contribution < -0.4 is 14.4 Å². The number of amides is 5. The molecule has 2 aliphatic heterocycles. The summed E-state index contributed by atoms with van der Waals surface area (Å²) >= 11 is 14.1. The van der Waals surface area contributed by atoms with Gasteiger partial charge in [-0.1, -0.05) is 11.6 Å². The minimum atomic E-state index is -2.87. The number of carbonyl (C=O) groups excluding carboxylic acids is 5. The van der Waals surface area contributed by atoms with Crippen LogP contribution in [0, 0.1) is 46.8 Å². The third-order valence-corrected chi connectivity index (χ3v) is 10.8. The summed E-state index contributed by atoms with van der Waals surface area (Å²) in [5.41, 5.74) is -2.05. The van der Waals surface area contributed by atoms with Gasteiger partial charge in [0.05, 0.1) is 33.2 Å². The number of alkyl halides is 2. The Hall–Kier alpha value is -4.44. The molecule has 1 N–H and O–H groups in total. The van der Waals surface area contributed by atoms with Crippen molar-refractivity contribution in [1.82, 2.24) is 4.90 Å². The number of allylic oxidation sites excluding steroid dienone is 2. The van der Waals surface area contributed by atoms with Crippen molar-refractivity contribution < 1.29 is 65.2 Å². The second-order valence-electron chi connectivity index (χ2n) is 11.4. The Labute approximate surface area is 276 Å². The molecular weight excluding hydrogens is 698 g/mol. The van der Waals surface area contributed by atoms with Crippen molar-refractivity contribution in [2.75, 3.05) is 26.2 Å². The Bertz CT molecular complexity index is 1860. The summed E-state index contributed by atoms with van der Waals surface area (Å²) in [6, 6.07) is 2.13. The van der Waals surface area contributed by atoms with Crippen molar-refractivity contribution >= 4 is 58.6 Å². The molecule has 11 nitrogen and oxygen atoms in total. The lowest BCUT2D eigenvalue weighted by Gasteiger charge is -2.51. The van der Waals surface area contributed by atoms with E-state index < -0.39 is 110 Å². The summed E-state index contributed by atoms with van der Waals surface area (Å²) in [6.07, 6.45) is -0.908. The van der Waals surface area contributed by atoms with Crippen LogP contribution in [0.4, 0.5) is 32.4 Å². The number of nitrogens with zero attached hydrogens (tertiary/aromatic N) is 2. The maximum absolute atomic E-state index is 15.2. The lowest BCUT2D eigenvalue weighted by molar-refractivity contribution is -0.138. The van der Waals surface area contributed by atoms with Crippen LogP contribution in [0.5, 0.6) is 17.2 Å². The Morgan fingerprint density at radius 2 is 1.40 bits per heavy atom. The number of hydrogen-bond donors (Lipinski definition) is 1. The van der Waals surface area contributed by atoms with Crippen LogP contribution in [0.3, 0.4) is 0 Å². The molecule has 5 amide bonds. The van der Waals surface area contributed by atoms with Crippen molar-refractivity contribution in [2.24, 2.45) is 17.8 Å². The molecule has 2 aliphatic carbocycles. The number of hydrogen-bond acceptors (Lipinski definition) is 9. The number of imide groups is 4. The number of likely N-dealkylation sites (tertiary alicyclic amines) is 1. The first-order chi connectivity index (χ1) is 22.5. The van der Waals surface area contributed by atoms with Crippen molar-refractivity contribution in [3.63, 3.8) is 0 Å². The van der Waals surface area contributed by atoms with E-state index in [-0.39, 0.29) is 38.9 Å². The highest BCUT2D eigenvalue weighted by atomic mass is 35.5. The van der Waals surface area contributed by atoms with Gasteiger partial charge in [-0.15, -0.1) is 23.2 Å². The largest absolute Gasteiger partial charge is 0.508 e. The number of halogens is 7. The first-order valence-corrected chi connectivity index (χ1v) is 14.7. The van der Waals surface area contributed by atoms with Crippen molar-refractivity contribution in [3.8, 4) is 17.2 Å².